The molecule has 3 rings (SSSR count). The van der Waals surface area contributed by atoms with E-state index < -0.39 is 0 Å². The molecule has 0 fully saturated rings. The Hall–Kier alpha value is -2.08. The van der Waals surface area contributed by atoms with Crippen molar-refractivity contribution in [2.75, 3.05) is 13.8 Å². The Bertz CT molecular complexity index is 639. The van der Waals surface area contributed by atoms with Gasteiger partial charge in [-0.1, -0.05) is 25.1 Å². The smallest absolute Gasteiger partial charge is 0.231 e. The maximum atomic E-state index is 5.40. The van der Waals surface area contributed by atoms with Crippen LogP contribution in [0, 0.1) is 5.92 Å². The second-order valence-electron chi connectivity index (χ2n) is 6.06. The molecule has 1 aliphatic heterocycles. The fourth-order valence-corrected chi connectivity index (χ4v) is 2.43. The minimum Gasteiger partial charge on any atom is -0.454 e. The molecule has 0 unspecified atom stereocenters. The van der Waals surface area contributed by atoms with Gasteiger partial charge in [-0.15, -0.1) is 0 Å². The molecule has 0 bridgehead atoms. The SMILES string of the molecule is CC(C)Cc1nc(CN(C)Cc2ccc3c(c2)OCO3)no1. The molecule has 2 aromatic rings. The van der Waals surface area contributed by atoms with Crippen LogP contribution in [-0.4, -0.2) is 28.9 Å². The highest BCUT2D eigenvalue weighted by Gasteiger charge is 2.15. The summed E-state index contributed by atoms with van der Waals surface area (Å²) in [6.45, 7) is 6.00. The summed E-state index contributed by atoms with van der Waals surface area (Å²) in [5.41, 5.74) is 1.16. The van der Waals surface area contributed by atoms with Crippen molar-refractivity contribution in [3.63, 3.8) is 0 Å². The molecule has 6 heteroatoms. The van der Waals surface area contributed by atoms with Crippen LogP contribution in [0.5, 0.6) is 11.5 Å². The van der Waals surface area contributed by atoms with Gasteiger partial charge in [0, 0.05) is 13.0 Å². The molecule has 1 aliphatic rings. The fraction of sp³-hybridized carbons (Fsp3) is 0.500. The van der Waals surface area contributed by atoms with Crippen LogP contribution in [0.15, 0.2) is 22.7 Å². The van der Waals surface area contributed by atoms with Crippen molar-refractivity contribution in [1.82, 2.24) is 15.0 Å². The number of hydrogen-bond acceptors (Lipinski definition) is 6. The number of hydrogen-bond donors (Lipinski definition) is 0. The molecule has 1 aromatic heterocycles. The predicted molar refractivity (Wildman–Crippen MR) is 80.6 cm³/mol. The molecular formula is C16H21N3O3. The number of nitrogens with zero attached hydrogens (tertiary/aromatic N) is 3. The predicted octanol–water partition coefficient (Wildman–Crippen LogP) is 2.63. The lowest BCUT2D eigenvalue weighted by molar-refractivity contribution is 0.174. The third kappa shape index (κ3) is 3.57. The lowest BCUT2D eigenvalue weighted by atomic mass is 10.1. The first-order chi connectivity index (χ1) is 10.6. The van der Waals surface area contributed by atoms with Crippen molar-refractivity contribution in [3.8, 4) is 11.5 Å². The first-order valence-electron chi connectivity index (χ1n) is 7.48. The van der Waals surface area contributed by atoms with Crippen molar-refractivity contribution in [3.05, 3.63) is 35.5 Å². The Labute approximate surface area is 130 Å². The van der Waals surface area contributed by atoms with Gasteiger partial charge in [-0.25, -0.2) is 0 Å². The maximum Gasteiger partial charge on any atom is 0.231 e. The molecule has 2 heterocycles. The molecule has 22 heavy (non-hydrogen) atoms. The minimum atomic E-state index is 0.302. The van der Waals surface area contributed by atoms with E-state index in [1.165, 1.54) is 0 Å². The van der Waals surface area contributed by atoms with Crippen LogP contribution in [0.25, 0.3) is 0 Å². The molecule has 0 atom stereocenters. The Morgan fingerprint density at radius 2 is 2.00 bits per heavy atom. The fourth-order valence-electron chi connectivity index (χ4n) is 2.43. The topological polar surface area (TPSA) is 60.6 Å². The standard InChI is InChI=1S/C16H21N3O3/c1-11(2)6-16-17-15(18-22-16)9-19(3)8-12-4-5-13-14(7-12)21-10-20-13/h4-5,7,11H,6,8-10H2,1-3H3. The molecule has 0 radical (unpaired) electrons. The molecule has 0 amide bonds. The number of fused-ring (bicyclic) bond motifs is 1. The highest BCUT2D eigenvalue weighted by atomic mass is 16.7. The zero-order chi connectivity index (χ0) is 15.5. The van der Waals surface area contributed by atoms with Gasteiger partial charge in [0.2, 0.25) is 12.7 Å². The van der Waals surface area contributed by atoms with Crippen molar-refractivity contribution in [2.24, 2.45) is 5.92 Å². The summed E-state index contributed by atoms with van der Waals surface area (Å²) in [4.78, 5) is 6.57. The van der Waals surface area contributed by atoms with Crippen LogP contribution in [0.2, 0.25) is 0 Å². The third-order valence-corrected chi connectivity index (χ3v) is 3.39. The van der Waals surface area contributed by atoms with Crippen LogP contribution in [0.1, 0.15) is 31.1 Å². The highest BCUT2D eigenvalue weighted by Crippen LogP contribution is 2.32. The van der Waals surface area contributed by atoms with Gasteiger partial charge in [0.15, 0.2) is 17.3 Å². The lowest BCUT2D eigenvalue weighted by Gasteiger charge is -2.14. The van der Waals surface area contributed by atoms with E-state index in [4.69, 9.17) is 14.0 Å². The second kappa shape index (κ2) is 6.36. The number of rotatable bonds is 6. The van der Waals surface area contributed by atoms with Gasteiger partial charge in [0.05, 0.1) is 6.54 Å². The van der Waals surface area contributed by atoms with Crippen LogP contribution in [0.3, 0.4) is 0 Å². The molecule has 1 aromatic carbocycles. The first-order valence-corrected chi connectivity index (χ1v) is 7.48. The monoisotopic (exact) mass is 303 g/mol. The first kappa shape index (κ1) is 14.8. The zero-order valence-electron chi connectivity index (χ0n) is 13.2. The summed E-state index contributed by atoms with van der Waals surface area (Å²) in [5.74, 6) is 3.56. The minimum absolute atomic E-state index is 0.302. The van der Waals surface area contributed by atoms with Gasteiger partial charge >= 0.3 is 0 Å². The van der Waals surface area contributed by atoms with Gasteiger partial charge < -0.3 is 14.0 Å². The van der Waals surface area contributed by atoms with Crippen molar-refractivity contribution in [2.45, 2.75) is 33.4 Å². The number of aromatic nitrogens is 2. The van der Waals surface area contributed by atoms with Gasteiger partial charge in [0.1, 0.15) is 0 Å². The molecule has 0 spiro atoms. The summed E-state index contributed by atoms with van der Waals surface area (Å²) in [6.07, 6.45) is 0.818. The summed E-state index contributed by atoms with van der Waals surface area (Å²) < 4.78 is 16.0. The van der Waals surface area contributed by atoms with E-state index in [0.717, 1.165) is 35.9 Å². The molecule has 0 aliphatic carbocycles. The van der Waals surface area contributed by atoms with E-state index in [2.05, 4.69) is 28.9 Å². The number of benzene rings is 1. The number of ether oxygens (including phenoxy) is 2. The van der Waals surface area contributed by atoms with Crippen molar-refractivity contribution >= 4 is 0 Å². The summed E-state index contributed by atoms with van der Waals surface area (Å²) >= 11 is 0. The molecule has 118 valence electrons. The van der Waals surface area contributed by atoms with Crippen LogP contribution < -0.4 is 9.47 Å². The van der Waals surface area contributed by atoms with Gasteiger partial charge in [0.25, 0.3) is 0 Å². The average molecular weight is 303 g/mol. The molecule has 6 nitrogen and oxygen atoms in total. The quantitative estimate of drug-likeness (QED) is 0.817. The van der Waals surface area contributed by atoms with E-state index in [1.54, 1.807) is 0 Å². The van der Waals surface area contributed by atoms with E-state index >= 15 is 0 Å². The van der Waals surface area contributed by atoms with Gasteiger partial charge in [-0.3, -0.25) is 4.90 Å². The molecular weight excluding hydrogens is 282 g/mol. The van der Waals surface area contributed by atoms with E-state index in [9.17, 15) is 0 Å². The normalized spacial score (nSPS) is 13.3. The Morgan fingerprint density at radius 3 is 2.82 bits per heavy atom. The van der Waals surface area contributed by atoms with Crippen LogP contribution in [-0.2, 0) is 19.5 Å². The second-order valence-corrected chi connectivity index (χ2v) is 6.06. The van der Waals surface area contributed by atoms with Crippen LogP contribution >= 0.6 is 0 Å². The highest BCUT2D eigenvalue weighted by molar-refractivity contribution is 5.44. The Morgan fingerprint density at radius 1 is 1.18 bits per heavy atom. The third-order valence-electron chi connectivity index (χ3n) is 3.39. The summed E-state index contributed by atoms with van der Waals surface area (Å²) in [7, 11) is 2.03. The summed E-state index contributed by atoms with van der Waals surface area (Å²) in [5, 5.41) is 4.04. The zero-order valence-corrected chi connectivity index (χ0v) is 13.2. The Balaban J connectivity index is 1.58. The van der Waals surface area contributed by atoms with Crippen LogP contribution in [0.4, 0.5) is 0 Å². The van der Waals surface area contributed by atoms with Crippen molar-refractivity contribution in [1.29, 1.82) is 0 Å². The maximum absolute atomic E-state index is 5.40. The largest absolute Gasteiger partial charge is 0.454 e. The molecule has 0 N–H and O–H groups in total. The molecule has 0 saturated heterocycles. The Kier molecular flexibility index (Phi) is 4.29. The van der Waals surface area contributed by atoms with Crippen molar-refractivity contribution < 1.29 is 14.0 Å². The van der Waals surface area contributed by atoms with E-state index in [0.29, 0.717) is 25.1 Å². The lowest BCUT2D eigenvalue weighted by Crippen LogP contribution is -2.18. The summed E-state index contributed by atoms with van der Waals surface area (Å²) in [6, 6.07) is 6.00. The molecule has 0 saturated carbocycles. The van der Waals surface area contributed by atoms with E-state index in [-0.39, 0.29) is 0 Å². The van der Waals surface area contributed by atoms with Gasteiger partial charge in [-0.2, -0.15) is 4.98 Å². The van der Waals surface area contributed by atoms with Gasteiger partial charge in [-0.05, 0) is 30.7 Å². The van der Waals surface area contributed by atoms with E-state index in [1.807, 2.05) is 25.2 Å². The average Bonchev–Trinajstić information content (AvgIpc) is 3.06.